The Morgan fingerprint density at radius 3 is 2.81 bits per heavy atom. The lowest BCUT2D eigenvalue weighted by molar-refractivity contribution is -0.136. The molecule has 0 spiro atoms. The maximum absolute atomic E-state index is 13.7. The molecule has 1 aromatic carbocycles. The lowest BCUT2D eigenvalue weighted by atomic mass is 10.0. The highest BCUT2D eigenvalue weighted by molar-refractivity contribution is 6.05. The SMILES string of the molecule is O=C1CCC(N2Cc3cccc(CN[C@H]4CNC[C@H]4F)c3C2=O)C(=O)N1. The molecule has 3 aliphatic heterocycles. The highest BCUT2D eigenvalue weighted by Crippen LogP contribution is 2.29. The molecule has 2 saturated heterocycles. The quantitative estimate of drug-likeness (QED) is 0.650. The summed E-state index contributed by atoms with van der Waals surface area (Å²) in [6, 6.07) is 4.71. The molecule has 0 bridgehead atoms. The third-order valence-corrected chi connectivity index (χ3v) is 5.33. The largest absolute Gasteiger partial charge is 0.322 e. The first kappa shape index (κ1) is 17.1. The fourth-order valence-corrected chi connectivity index (χ4v) is 3.93. The molecule has 3 amide bonds. The van der Waals surface area contributed by atoms with Crippen LogP contribution in [-0.2, 0) is 22.7 Å². The predicted molar refractivity (Wildman–Crippen MR) is 90.9 cm³/mol. The van der Waals surface area contributed by atoms with Crippen molar-refractivity contribution >= 4 is 17.7 Å². The van der Waals surface area contributed by atoms with Gasteiger partial charge in [-0.1, -0.05) is 18.2 Å². The minimum atomic E-state index is -0.942. The van der Waals surface area contributed by atoms with Gasteiger partial charge in [0, 0.05) is 38.2 Å². The number of amides is 3. The summed E-state index contributed by atoms with van der Waals surface area (Å²) in [5.74, 6) is -0.918. The minimum absolute atomic E-state index is 0.201. The number of fused-ring (bicyclic) bond motifs is 1. The Bertz CT molecular complexity index is 769. The van der Waals surface area contributed by atoms with E-state index in [2.05, 4.69) is 16.0 Å². The Hall–Kier alpha value is -2.32. The van der Waals surface area contributed by atoms with Crippen LogP contribution in [-0.4, -0.2) is 54.0 Å². The fourth-order valence-electron chi connectivity index (χ4n) is 3.93. The number of hydrogen-bond donors (Lipinski definition) is 3. The van der Waals surface area contributed by atoms with E-state index < -0.39 is 18.1 Å². The number of carbonyl (C=O) groups excluding carboxylic acids is 3. The molecule has 138 valence electrons. The smallest absolute Gasteiger partial charge is 0.255 e. The molecule has 3 aliphatic rings. The van der Waals surface area contributed by atoms with Gasteiger partial charge in [-0.05, 0) is 17.5 Å². The van der Waals surface area contributed by atoms with Crippen LogP contribution in [0.3, 0.4) is 0 Å². The summed E-state index contributed by atoms with van der Waals surface area (Å²) in [6.45, 7) is 1.65. The van der Waals surface area contributed by atoms with Crippen molar-refractivity contribution in [3.8, 4) is 0 Å². The molecule has 1 unspecified atom stereocenters. The molecule has 0 radical (unpaired) electrons. The van der Waals surface area contributed by atoms with E-state index in [1.165, 1.54) is 4.90 Å². The van der Waals surface area contributed by atoms with Crippen molar-refractivity contribution in [1.29, 1.82) is 0 Å². The van der Waals surface area contributed by atoms with Gasteiger partial charge in [-0.25, -0.2) is 4.39 Å². The number of carbonyl (C=O) groups is 3. The second kappa shape index (κ2) is 6.77. The molecule has 26 heavy (non-hydrogen) atoms. The number of halogens is 1. The number of piperidine rings is 1. The van der Waals surface area contributed by atoms with Crippen LogP contribution in [0, 0.1) is 0 Å². The summed E-state index contributed by atoms with van der Waals surface area (Å²) in [6.07, 6.45) is -0.366. The molecule has 3 N–H and O–H groups in total. The van der Waals surface area contributed by atoms with Crippen LogP contribution in [0.2, 0.25) is 0 Å². The second-order valence-corrected chi connectivity index (χ2v) is 7.01. The van der Waals surface area contributed by atoms with Crippen molar-refractivity contribution in [3.05, 3.63) is 34.9 Å². The molecule has 0 aromatic heterocycles. The molecule has 7 nitrogen and oxygen atoms in total. The number of nitrogens with zero attached hydrogens (tertiary/aromatic N) is 1. The van der Waals surface area contributed by atoms with Crippen molar-refractivity contribution in [2.24, 2.45) is 0 Å². The minimum Gasteiger partial charge on any atom is -0.322 e. The van der Waals surface area contributed by atoms with E-state index in [9.17, 15) is 18.8 Å². The van der Waals surface area contributed by atoms with Crippen molar-refractivity contribution < 1.29 is 18.8 Å². The Balaban J connectivity index is 1.51. The third kappa shape index (κ3) is 2.99. The van der Waals surface area contributed by atoms with Gasteiger partial charge in [0.2, 0.25) is 11.8 Å². The van der Waals surface area contributed by atoms with Crippen LogP contribution in [0.1, 0.15) is 34.3 Å². The van der Waals surface area contributed by atoms with Crippen molar-refractivity contribution in [2.45, 2.75) is 44.2 Å². The normalized spacial score (nSPS) is 28.4. The van der Waals surface area contributed by atoms with Crippen LogP contribution in [0.5, 0.6) is 0 Å². The average molecular weight is 360 g/mol. The zero-order chi connectivity index (χ0) is 18.3. The van der Waals surface area contributed by atoms with Gasteiger partial charge in [-0.3, -0.25) is 19.7 Å². The highest BCUT2D eigenvalue weighted by Gasteiger charge is 2.40. The monoisotopic (exact) mass is 360 g/mol. The first-order chi connectivity index (χ1) is 12.5. The highest BCUT2D eigenvalue weighted by atomic mass is 19.1. The van der Waals surface area contributed by atoms with E-state index in [4.69, 9.17) is 0 Å². The second-order valence-electron chi connectivity index (χ2n) is 7.01. The zero-order valence-corrected chi connectivity index (χ0v) is 14.3. The van der Waals surface area contributed by atoms with E-state index in [1.54, 1.807) is 0 Å². The number of benzene rings is 1. The Kier molecular flexibility index (Phi) is 4.46. The molecule has 2 fully saturated rings. The predicted octanol–water partition coefficient (Wildman–Crippen LogP) is -0.153. The van der Waals surface area contributed by atoms with Gasteiger partial charge in [0.05, 0.1) is 6.04 Å². The molecule has 1 aromatic rings. The topological polar surface area (TPSA) is 90.5 Å². The lowest BCUT2D eigenvalue weighted by Crippen LogP contribution is -2.52. The summed E-state index contributed by atoms with van der Waals surface area (Å²) in [4.78, 5) is 38.0. The number of hydrogen-bond acceptors (Lipinski definition) is 5. The van der Waals surface area contributed by atoms with Gasteiger partial charge in [0.15, 0.2) is 0 Å². The van der Waals surface area contributed by atoms with Crippen LogP contribution in [0.4, 0.5) is 4.39 Å². The number of nitrogens with one attached hydrogen (secondary N) is 3. The maximum Gasteiger partial charge on any atom is 0.255 e. The molecule has 0 aliphatic carbocycles. The van der Waals surface area contributed by atoms with Gasteiger partial charge < -0.3 is 15.5 Å². The Morgan fingerprint density at radius 2 is 2.08 bits per heavy atom. The summed E-state index contributed by atoms with van der Waals surface area (Å²) in [7, 11) is 0. The van der Waals surface area contributed by atoms with Crippen LogP contribution in [0.15, 0.2) is 18.2 Å². The van der Waals surface area contributed by atoms with Crippen molar-refractivity contribution in [2.75, 3.05) is 13.1 Å². The third-order valence-electron chi connectivity index (χ3n) is 5.33. The standard InChI is InChI=1S/C18H21FN4O3/c19-12-7-20-8-13(12)21-6-10-2-1-3-11-9-23(18(26)16(10)11)14-4-5-15(24)22-17(14)25/h1-3,12-14,20-21H,4-9H2,(H,22,24,25)/t12-,13+,14?/m1/s1. The summed E-state index contributed by atoms with van der Waals surface area (Å²) >= 11 is 0. The molecule has 3 atom stereocenters. The first-order valence-corrected chi connectivity index (χ1v) is 8.88. The van der Waals surface area contributed by atoms with Gasteiger partial charge >= 0.3 is 0 Å². The summed E-state index contributed by atoms with van der Waals surface area (Å²) in [5, 5.41) is 8.47. The molecule has 4 rings (SSSR count). The van der Waals surface area contributed by atoms with Crippen molar-refractivity contribution in [1.82, 2.24) is 20.9 Å². The molecule has 3 heterocycles. The number of alkyl halides is 1. The Labute approximate surface area is 150 Å². The van der Waals surface area contributed by atoms with E-state index in [1.807, 2.05) is 18.2 Å². The number of rotatable bonds is 4. The van der Waals surface area contributed by atoms with Crippen LogP contribution in [0.25, 0.3) is 0 Å². The van der Waals surface area contributed by atoms with Crippen molar-refractivity contribution in [3.63, 3.8) is 0 Å². The molecular weight excluding hydrogens is 339 g/mol. The van der Waals surface area contributed by atoms with E-state index in [0.717, 1.165) is 11.1 Å². The average Bonchev–Trinajstić information content (AvgIpc) is 3.17. The van der Waals surface area contributed by atoms with E-state index in [-0.39, 0.29) is 24.3 Å². The van der Waals surface area contributed by atoms with E-state index >= 15 is 0 Å². The zero-order valence-electron chi connectivity index (χ0n) is 14.3. The maximum atomic E-state index is 13.7. The fraction of sp³-hybridized carbons (Fsp3) is 0.500. The summed E-state index contributed by atoms with van der Waals surface area (Å²) < 4.78 is 13.7. The van der Waals surface area contributed by atoms with E-state index in [0.29, 0.717) is 38.2 Å². The molecule has 0 saturated carbocycles. The Morgan fingerprint density at radius 1 is 1.23 bits per heavy atom. The van der Waals surface area contributed by atoms with Gasteiger partial charge in [-0.2, -0.15) is 0 Å². The molecular formula is C18H21FN4O3. The van der Waals surface area contributed by atoms with Crippen LogP contribution < -0.4 is 16.0 Å². The van der Waals surface area contributed by atoms with Crippen LogP contribution >= 0.6 is 0 Å². The molecule has 8 heteroatoms. The lowest BCUT2D eigenvalue weighted by Gasteiger charge is -2.29. The van der Waals surface area contributed by atoms with Gasteiger partial charge in [0.1, 0.15) is 12.2 Å². The van der Waals surface area contributed by atoms with Gasteiger partial charge in [0.25, 0.3) is 5.91 Å². The summed E-state index contributed by atoms with van der Waals surface area (Å²) in [5.41, 5.74) is 2.26. The number of imide groups is 1. The first-order valence-electron chi connectivity index (χ1n) is 8.88. The van der Waals surface area contributed by atoms with Gasteiger partial charge in [-0.15, -0.1) is 0 Å².